The van der Waals surface area contributed by atoms with Gasteiger partial charge in [-0.05, 0) is 12.1 Å². The van der Waals surface area contributed by atoms with Gasteiger partial charge < -0.3 is 9.40 Å². The Bertz CT molecular complexity index is 643. The Morgan fingerprint density at radius 1 is 1.25 bits per heavy atom. The molecule has 0 bridgehead atoms. The number of hydrogen-bond donors (Lipinski definition) is 1. The molecule has 1 N–H and O–H groups in total. The monoisotopic (exact) mass is 220 g/mol. The van der Waals surface area contributed by atoms with Crippen LogP contribution in [0.2, 0.25) is 0 Å². The van der Waals surface area contributed by atoms with Crippen molar-refractivity contribution in [1.29, 1.82) is 0 Å². The molecule has 5 heteroatoms. The van der Waals surface area contributed by atoms with Crippen LogP contribution in [0.25, 0.3) is 22.4 Å². The first-order chi connectivity index (χ1) is 7.74. The van der Waals surface area contributed by atoms with E-state index in [4.69, 9.17) is 4.42 Å². The third-order valence-corrected chi connectivity index (χ3v) is 2.30. The molecule has 0 saturated heterocycles. The van der Waals surface area contributed by atoms with E-state index in [-0.39, 0.29) is 5.52 Å². The normalized spacial score (nSPS) is 11.1. The predicted octanol–water partition coefficient (Wildman–Crippen LogP) is 3.10. The van der Waals surface area contributed by atoms with Crippen molar-refractivity contribution in [2.24, 2.45) is 0 Å². The standard InChI is InChI=1S/C11H6F2N2O/c12-7-3-8(13)10-9(4-7)14-11(15-10)6-1-2-16-5-6/h1-5H,(H,14,15). The average Bonchev–Trinajstić information content (AvgIpc) is 2.82. The van der Waals surface area contributed by atoms with Gasteiger partial charge in [0, 0.05) is 6.07 Å². The number of nitrogens with one attached hydrogen (secondary N) is 1. The van der Waals surface area contributed by atoms with Crippen molar-refractivity contribution < 1.29 is 13.2 Å². The van der Waals surface area contributed by atoms with E-state index in [9.17, 15) is 8.78 Å². The second-order valence-electron chi connectivity index (χ2n) is 3.38. The molecule has 3 nitrogen and oxygen atoms in total. The molecule has 3 aromatic rings. The second kappa shape index (κ2) is 3.16. The van der Waals surface area contributed by atoms with E-state index in [1.54, 1.807) is 6.07 Å². The van der Waals surface area contributed by atoms with Crippen LogP contribution in [0, 0.1) is 11.6 Å². The van der Waals surface area contributed by atoms with Crippen LogP contribution < -0.4 is 0 Å². The molecule has 0 fully saturated rings. The number of furan rings is 1. The number of H-pyrrole nitrogens is 1. The van der Waals surface area contributed by atoms with Crippen LogP contribution in [-0.2, 0) is 0 Å². The van der Waals surface area contributed by atoms with Gasteiger partial charge in [-0.3, -0.25) is 0 Å². The minimum Gasteiger partial charge on any atom is -0.472 e. The lowest BCUT2D eigenvalue weighted by atomic mass is 10.3. The van der Waals surface area contributed by atoms with Gasteiger partial charge in [0.15, 0.2) is 5.82 Å². The lowest BCUT2D eigenvalue weighted by Gasteiger charge is -1.90. The van der Waals surface area contributed by atoms with Crippen LogP contribution in [0.5, 0.6) is 0 Å². The summed E-state index contributed by atoms with van der Waals surface area (Å²) < 4.78 is 31.2. The zero-order valence-electron chi connectivity index (χ0n) is 8.00. The molecule has 80 valence electrons. The molecule has 3 rings (SSSR count). The van der Waals surface area contributed by atoms with Gasteiger partial charge in [0.2, 0.25) is 0 Å². The average molecular weight is 220 g/mol. The van der Waals surface area contributed by atoms with E-state index in [1.165, 1.54) is 18.6 Å². The van der Waals surface area contributed by atoms with Crippen molar-refractivity contribution in [3.63, 3.8) is 0 Å². The minimum atomic E-state index is -0.680. The van der Waals surface area contributed by atoms with Crippen LogP contribution in [0.3, 0.4) is 0 Å². The largest absolute Gasteiger partial charge is 0.472 e. The van der Waals surface area contributed by atoms with Gasteiger partial charge in [-0.25, -0.2) is 13.8 Å². The number of hydrogen-bond acceptors (Lipinski definition) is 2. The maximum absolute atomic E-state index is 13.4. The number of nitrogens with zero attached hydrogens (tertiary/aromatic N) is 1. The minimum absolute atomic E-state index is 0.123. The summed E-state index contributed by atoms with van der Waals surface area (Å²) in [5.74, 6) is -0.860. The van der Waals surface area contributed by atoms with E-state index in [1.807, 2.05) is 0 Å². The smallest absolute Gasteiger partial charge is 0.153 e. The summed E-state index contributed by atoms with van der Waals surface area (Å²) in [5.41, 5.74) is 1.14. The van der Waals surface area contributed by atoms with Gasteiger partial charge in [-0.2, -0.15) is 0 Å². The Morgan fingerprint density at radius 2 is 2.12 bits per heavy atom. The number of benzene rings is 1. The highest BCUT2D eigenvalue weighted by molar-refractivity contribution is 5.79. The Morgan fingerprint density at radius 3 is 2.88 bits per heavy atom. The molecule has 0 unspecified atom stereocenters. The Labute approximate surface area is 88.7 Å². The quantitative estimate of drug-likeness (QED) is 0.684. The van der Waals surface area contributed by atoms with Gasteiger partial charge in [0.1, 0.15) is 23.4 Å². The molecule has 0 aliphatic heterocycles. The van der Waals surface area contributed by atoms with Crippen molar-refractivity contribution in [3.05, 3.63) is 42.4 Å². The van der Waals surface area contributed by atoms with Gasteiger partial charge in [-0.1, -0.05) is 0 Å². The number of aromatic nitrogens is 2. The summed E-state index contributed by atoms with van der Waals surface area (Å²) >= 11 is 0. The van der Waals surface area contributed by atoms with Crippen molar-refractivity contribution in [3.8, 4) is 11.4 Å². The highest BCUT2D eigenvalue weighted by Gasteiger charge is 2.11. The third kappa shape index (κ3) is 1.29. The molecule has 0 atom stereocenters. The molecule has 2 heterocycles. The van der Waals surface area contributed by atoms with E-state index < -0.39 is 11.6 Å². The van der Waals surface area contributed by atoms with E-state index in [0.29, 0.717) is 16.9 Å². The summed E-state index contributed by atoms with van der Waals surface area (Å²) in [5, 5.41) is 0. The Kier molecular flexibility index (Phi) is 1.80. The molecule has 0 amide bonds. The van der Waals surface area contributed by atoms with E-state index >= 15 is 0 Å². The van der Waals surface area contributed by atoms with Crippen LogP contribution in [0.15, 0.2) is 35.1 Å². The van der Waals surface area contributed by atoms with Crippen LogP contribution in [0.4, 0.5) is 8.78 Å². The number of imidazole rings is 1. The number of aromatic amines is 1. The lowest BCUT2D eigenvalue weighted by Crippen LogP contribution is -1.81. The zero-order chi connectivity index (χ0) is 11.1. The zero-order valence-corrected chi connectivity index (χ0v) is 8.00. The molecule has 2 aromatic heterocycles. The molecule has 0 aliphatic carbocycles. The maximum Gasteiger partial charge on any atom is 0.153 e. The Balaban J connectivity index is 2.27. The van der Waals surface area contributed by atoms with Crippen LogP contribution >= 0.6 is 0 Å². The summed E-state index contributed by atoms with van der Waals surface area (Å²) in [7, 11) is 0. The number of halogens is 2. The fraction of sp³-hybridized carbons (Fsp3) is 0. The second-order valence-corrected chi connectivity index (χ2v) is 3.38. The van der Waals surface area contributed by atoms with Crippen LogP contribution in [0.1, 0.15) is 0 Å². The summed E-state index contributed by atoms with van der Waals surface area (Å²) in [6.45, 7) is 0. The number of rotatable bonds is 1. The topological polar surface area (TPSA) is 41.8 Å². The molecule has 0 spiro atoms. The summed E-state index contributed by atoms with van der Waals surface area (Å²) in [6.07, 6.45) is 2.96. The fourth-order valence-electron chi connectivity index (χ4n) is 1.58. The molecule has 16 heavy (non-hydrogen) atoms. The first kappa shape index (κ1) is 9.08. The Hall–Kier alpha value is -2.17. The van der Waals surface area contributed by atoms with Gasteiger partial charge in [0.25, 0.3) is 0 Å². The van der Waals surface area contributed by atoms with E-state index in [0.717, 1.165) is 6.07 Å². The maximum atomic E-state index is 13.4. The number of fused-ring (bicyclic) bond motifs is 1. The summed E-state index contributed by atoms with van der Waals surface area (Å²) in [4.78, 5) is 6.87. The molecule has 0 radical (unpaired) electrons. The van der Waals surface area contributed by atoms with Crippen LogP contribution in [-0.4, -0.2) is 9.97 Å². The van der Waals surface area contributed by atoms with Gasteiger partial charge >= 0.3 is 0 Å². The molecule has 0 aliphatic rings. The van der Waals surface area contributed by atoms with Gasteiger partial charge in [0.05, 0.1) is 17.3 Å². The predicted molar refractivity (Wildman–Crippen MR) is 53.7 cm³/mol. The van der Waals surface area contributed by atoms with Crippen molar-refractivity contribution >= 4 is 11.0 Å². The molecule has 0 saturated carbocycles. The molecular formula is C11H6F2N2O. The SMILES string of the molecule is Fc1cc(F)c2nc(-c3ccoc3)[nH]c2c1. The summed E-state index contributed by atoms with van der Waals surface area (Å²) in [6, 6.07) is 3.70. The lowest BCUT2D eigenvalue weighted by molar-refractivity contribution is 0.568. The van der Waals surface area contributed by atoms with Crippen molar-refractivity contribution in [2.75, 3.05) is 0 Å². The first-order valence-corrected chi connectivity index (χ1v) is 4.61. The van der Waals surface area contributed by atoms with Crippen molar-refractivity contribution in [1.82, 2.24) is 9.97 Å². The van der Waals surface area contributed by atoms with E-state index in [2.05, 4.69) is 9.97 Å². The first-order valence-electron chi connectivity index (χ1n) is 4.61. The molecule has 1 aromatic carbocycles. The van der Waals surface area contributed by atoms with Gasteiger partial charge in [-0.15, -0.1) is 0 Å². The highest BCUT2D eigenvalue weighted by atomic mass is 19.1. The third-order valence-electron chi connectivity index (χ3n) is 2.30. The fourth-order valence-corrected chi connectivity index (χ4v) is 1.58. The molecular weight excluding hydrogens is 214 g/mol. The van der Waals surface area contributed by atoms with Crippen molar-refractivity contribution in [2.45, 2.75) is 0 Å². The highest BCUT2D eigenvalue weighted by Crippen LogP contribution is 2.23.